The second kappa shape index (κ2) is 7.93. The van der Waals surface area contributed by atoms with E-state index in [9.17, 15) is 24.8 Å². The van der Waals surface area contributed by atoms with Gasteiger partial charge in [-0.05, 0) is 18.2 Å². The van der Waals surface area contributed by atoms with Crippen LogP contribution in [0.1, 0.15) is 5.76 Å². The van der Waals surface area contributed by atoms with Crippen LogP contribution in [0.5, 0.6) is 0 Å². The third kappa shape index (κ3) is 3.70. The highest BCUT2D eigenvalue weighted by molar-refractivity contribution is 5.79. The van der Waals surface area contributed by atoms with E-state index in [1.165, 1.54) is 53.7 Å². The molecule has 0 aromatic carbocycles. The standard InChI is InChI=1S/C16H17N7O6/c1-20-13-12(14(25)21(2)16(20)26)22(8-9-24)15(18-13)19-17-7-3-4-10-5-6-11(29-10)23(27)28/h3-7,24H,8-9H2,1-2H3,(H,18,19)/b4-3+,17-7+. The summed E-state index contributed by atoms with van der Waals surface area (Å²) in [6.07, 6.45) is 4.28. The summed E-state index contributed by atoms with van der Waals surface area (Å²) in [7, 11) is 2.84. The number of aryl methyl sites for hydroxylation is 1. The molecule has 0 bridgehead atoms. The first-order chi connectivity index (χ1) is 13.8. The summed E-state index contributed by atoms with van der Waals surface area (Å²) in [6.45, 7) is -0.194. The highest BCUT2D eigenvalue weighted by Gasteiger charge is 2.18. The number of anilines is 1. The number of aliphatic hydroxyl groups excluding tert-OH is 1. The molecule has 3 heterocycles. The number of hydrazone groups is 1. The fourth-order valence-corrected chi connectivity index (χ4v) is 2.66. The molecule has 0 aliphatic carbocycles. The highest BCUT2D eigenvalue weighted by atomic mass is 16.6. The number of hydrogen-bond donors (Lipinski definition) is 2. The van der Waals surface area contributed by atoms with Gasteiger partial charge in [-0.2, -0.15) is 10.1 Å². The van der Waals surface area contributed by atoms with Gasteiger partial charge in [0.05, 0.1) is 12.7 Å². The number of nitrogens with zero attached hydrogens (tertiary/aromatic N) is 6. The van der Waals surface area contributed by atoms with E-state index < -0.39 is 16.2 Å². The Hall–Kier alpha value is -4.00. The van der Waals surface area contributed by atoms with Crippen molar-refractivity contribution in [2.24, 2.45) is 19.2 Å². The Bertz CT molecular complexity index is 1240. The van der Waals surface area contributed by atoms with E-state index in [4.69, 9.17) is 4.42 Å². The third-order valence-electron chi connectivity index (χ3n) is 4.05. The number of furan rings is 1. The molecule has 0 radical (unpaired) electrons. The molecular weight excluding hydrogens is 386 g/mol. The van der Waals surface area contributed by atoms with Crippen molar-refractivity contribution in [3.8, 4) is 0 Å². The van der Waals surface area contributed by atoms with Gasteiger partial charge in [-0.1, -0.05) is 0 Å². The molecule has 152 valence electrons. The fraction of sp³-hybridized carbons (Fsp3) is 0.250. The van der Waals surface area contributed by atoms with Crippen LogP contribution in [0.15, 0.2) is 37.3 Å². The normalized spacial score (nSPS) is 11.8. The lowest BCUT2D eigenvalue weighted by Crippen LogP contribution is -2.37. The van der Waals surface area contributed by atoms with Gasteiger partial charge >= 0.3 is 11.6 Å². The van der Waals surface area contributed by atoms with Crippen molar-refractivity contribution in [3.05, 3.63) is 54.9 Å². The van der Waals surface area contributed by atoms with Gasteiger partial charge in [0.25, 0.3) is 5.56 Å². The quantitative estimate of drug-likeness (QED) is 0.317. The molecule has 0 aliphatic heterocycles. The highest BCUT2D eigenvalue weighted by Crippen LogP contribution is 2.17. The molecule has 13 heteroatoms. The first kappa shape index (κ1) is 19.8. The van der Waals surface area contributed by atoms with Crippen LogP contribution in [-0.4, -0.2) is 41.5 Å². The summed E-state index contributed by atoms with van der Waals surface area (Å²) in [5.74, 6) is 0.0597. The molecule has 13 nitrogen and oxygen atoms in total. The predicted octanol–water partition coefficient (Wildman–Crippen LogP) is 0.0383. The Morgan fingerprint density at radius 3 is 2.76 bits per heavy atom. The first-order valence-corrected chi connectivity index (χ1v) is 8.32. The molecule has 0 fully saturated rings. The van der Waals surface area contributed by atoms with Gasteiger partial charge in [-0.3, -0.25) is 24.0 Å². The number of aromatic nitrogens is 4. The molecule has 0 atom stereocenters. The second-order valence-electron chi connectivity index (χ2n) is 5.87. The Balaban J connectivity index is 1.87. The topological polar surface area (TPSA) is 163 Å². The van der Waals surface area contributed by atoms with Gasteiger partial charge in [-0.15, -0.1) is 0 Å². The maximum Gasteiger partial charge on any atom is 0.433 e. The molecule has 0 saturated heterocycles. The van der Waals surface area contributed by atoms with Crippen LogP contribution in [0.4, 0.5) is 11.8 Å². The second-order valence-corrected chi connectivity index (χ2v) is 5.87. The van der Waals surface area contributed by atoms with Crippen molar-refractivity contribution in [3.63, 3.8) is 0 Å². The molecule has 0 unspecified atom stereocenters. The summed E-state index contributed by atoms with van der Waals surface area (Å²) in [6, 6.07) is 2.67. The van der Waals surface area contributed by atoms with Crippen molar-refractivity contribution in [2.75, 3.05) is 12.0 Å². The first-order valence-electron chi connectivity index (χ1n) is 8.32. The van der Waals surface area contributed by atoms with Gasteiger partial charge in [-0.25, -0.2) is 10.2 Å². The molecule has 0 amide bonds. The summed E-state index contributed by atoms with van der Waals surface area (Å²) < 4.78 is 8.57. The van der Waals surface area contributed by atoms with Crippen molar-refractivity contribution in [1.29, 1.82) is 0 Å². The summed E-state index contributed by atoms with van der Waals surface area (Å²) in [4.78, 5) is 38.7. The summed E-state index contributed by atoms with van der Waals surface area (Å²) in [5, 5.41) is 23.8. The number of fused-ring (bicyclic) bond motifs is 1. The van der Waals surface area contributed by atoms with Crippen LogP contribution in [0, 0.1) is 10.1 Å². The fourth-order valence-electron chi connectivity index (χ4n) is 2.66. The largest absolute Gasteiger partial charge is 0.433 e. The number of nitro groups is 1. The van der Waals surface area contributed by atoms with Crippen molar-refractivity contribution in [2.45, 2.75) is 6.54 Å². The lowest BCUT2D eigenvalue weighted by Gasteiger charge is -2.06. The Morgan fingerprint density at radius 1 is 1.34 bits per heavy atom. The van der Waals surface area contributed by atoms with Crippen LogP contribution in [0.25, 0.3) is 17.2 Å². The van der Waals surface area contributed by atoms with Crippen molar-refractivity contribution < 1.29 is 14.4 Å². The van der Waals surface area contributed by atoms with Crippen LogP contribution in [0.3, 0.4) is 0 Å². The van der Waals surface area contributed by atoms with Crippen LogP contribution < -0.4 is 16.7 Å². The van der Waals surface area contributed by atoms with Gasteiger partial charge in [0.15, 0.2) is 11.2 Å². The van der Waals surface area contributed by atoms with Gasteiger partial charge in [0.1, 0.15) is 10.7 Å². The van der Waals surface area contributed by atoms with Crippen molar-refractivity contribution >= 4 is 35.3 Å². The zero-order valence-electron chi connectivity index (χ0n) is 15.5. The monoisotopic (exact) mass is 403 g/mol. The van der Waals surface area contributed by atoms with E-state index in [0.29, 0.717) is 0 Å². The third-order valence-corrected chi connectivity index (χ3v) is 4.05. The van der Waals surface area contributed by atoms with E-state index in [1.54, 1.807) is 0 Å². The minimum absolute atomic E-state index is 0.0632. The molecule has 29 heavy (non-hydrogen) atoms. The van der Waals surface area contributed by atoms with E-state index in [2.05, 4.69) is 15.5 Å². The molecule has 3 aromatic heterocycles. The zero-order chi connectivity index (χ0) is 21.1. The molecule has 3 aromatic rings. The SMILES string of the molecule is Cn1c(=O)c2c(nc(N/N=C/C=C/c3ccc([N+](=O)[O-])o3)n2CCO)n(C)c1=O. The Morgan fingerprint density at radius 2 is 2.10 bits per heavy atom. The molecule has 3 rings (SSSR count). The van der Waals surface area contributed by atoms with Gasteiger partial charge in [0.2, 0.25) is 5.95 Å². The van der Waals surface area contributed by atoms with E-state index in [0.717, 1.165) is 4.57 Å². The van der Waals surface area contributed by atoms with Crippen LogP contribution >= 0.6 is 0 Å². The summed E-state index contributed by atoms with van der Waals surface area (Å²) in [5.41, 5.74) is 1.89. The van der Waals surface area contributed by atoms with Crippen LogP contribution in [-0.2, 0) is 20.6 Å². The predicted molar refractivity (Wildman–Crippen MR) is 104 cm³/mol. The molecule has 0 spiro atoms. The van der Waals surface area contributed by atoms with Gasteiger partial charge in [0, 0.05) is 26.9 Å². The van der Waals surface area contributed by atoms with Crippen molar-refractivity contribution in [1.82, 2.24) is 18.7 Å². The van der Waals surface area contributed by atoms with E-state index >= 15 is 0 Å². The number of hydrogen-bond acceptors (Lipinski definition) is 9. The molecule has 0 saturated carbocycles. The van der Waals surface area contributed by atoms with Crippen LogP contribution in [0.2, 0.25) is 0 Å². The number of rotatable bonds is 7. The number of aliphatic hydroxyl groups is 1. The summed E-state index contributed by atoms with van der Waals surface area (Å²) >= 11 is 0. The smallest absolute Gasteiger partial charge is 0.401 e. The molecular formula is C16H17N7O6. The zero-order valence-corrected chi connectivity index (χ0v) is 15.5. The number of allylic oxidation sites excluding steroid dienone is 1. The Kier molecular flexibility index (Phi) is 5.40. The Labute approximate surface area is 162 Å². The average Bonchev–Trinajstić information content (AvgIpc) is 3.30. The number of nitrogens with one attached hydrogen (secondary N) is 1. The maximum absolute atomic E-state index is 12.5. The maximum atomic E-state index is 12.5. The molecule has 0 aliphatic rings. The number of imidazole rings is 1. The van der Waals surface area contributed by atoms with Gasteiger partial charge < -0.3 is 14.1 Å². The lowest BCUT2D eigenvalue weighted by atomic mass is 10.4. The minimum Gasteiger partial charge on any atom is -0.401 e. The average molecular weight is 403 g/mol. The van der Waals surface area contributed by atoms with E-state index in [1.807, 2.05) is 0 Å². The lowest BCUT2D eigenvalue weighted by molar-refractivity contribution is -0.402. The minimum atomic E-state index is -0.643. The van der Waals surface area contributed by atoms with E-state index in [-0.39, 0.29) is 41.9 Å². The molecule has 2 N–H and O–H groups in total.